The third-order valence-electron chi connectivity index (χ3n) is 7.55. The number of nitrogens with zero attached hydrogens (tertiary/aromatic N) is 2. The molecule has 1 aromatic carbocycles. The van der Waals surface area contributed by atoms with Gasteiger partial charge in [0, 0.05) is 49.8 Å². The molecule has 2 amide bonds. The van der Waals surface area contributed by atoms with Crippen LogP contribution < -0.4 is 5.32 Å². The predicted octanol–water partition coefficient (Wildman–Crippen LogP) is 5.59. The van der Waals surface area contributed by atoms with Crippen molar-refractivity contribution in [3.05, 3.63) is 83.6 Å². The monoisotopic (exact) mass is 469 g/mol. The van der Waals surface area contributed by atoms with Crippen molar-refractivity contribution in [3.8, 4) is 0 Å². The van der Waals surface area contributed by atoms with Gasteiger partial charge in [0.1, 0.15) is 17.8 Å². The molecule has 34 heavy (non-hydrogen) atoms. The SMILES string of the molecule is O=C(NC1=CC(F)CC(F)=C1)N1CCC2(CC1)CN(CC1C=CC=CC1)C2c1ccc(F)cc1. The van der Waals surface area contributed by atoms with Gasteiger partial charge in [0.05, 0.1) is 0 Å². The molecule has 0 saturated carbocycles. The normalized spacial score (nSPS) is 28.3. The molecule has 0 bridgehead atoms. The van der Waals surface area contributed by atoms with Gasteiger partial charge < -0.3 is 10.2 Å². The summed E-state index contributed by atoms with van der Waals surface area (Å²) in [4.78, 5) is 17.0. The van der Waals surface area contributed by atoms with Gasteiger partial charge in [0.2, 0.25) is 0 Å². The maximum atomic E-state index is 13.6. The molecule has 2 aliphatic heterocycles. The summed E-state index contributed by atoms with van der Waals surface area (Å²) in [6.07, 6.45) is 12.0. The molecule has 2 aliphatic carbocycles. The van der Waals surface area contributed by atoms with E-state index in [1.165, 1.54) is 24.3 Å². The summed E-state index contributed by atoms with van der Waals surface area (Å²) in [6.45, 7) is 3.04. The van der Waals surface area contributed by atoms with E-state index in [0.29, 0.717) is 19.0 Å². The summed E-state index contributed by atoms with van der Waals surface area (Å²) >= 11 is 0. The van der Waals surface area contributed by atoms with Gasteiger partial charge in [-0.3, -0.25) is 4.90 Å². The third-order valence-corrected chi connectivity index (χ3v) is 7.55. The minimum Gasteiger partial charge on any atom is -0.324 e. The number of hydrogen-bond acceptors (Lipinski definition) is 2. The fraction of sp³-hybridized carbons (Fsp3) is 0.444. The van der Waals surface area contributed by atoms with E-state index >= 15 is 0 Å². The van der Waals surface area contributed by atoms with Crippen LogP contribution >= 0.6 is 0 Å². The zero-order valence-corrected chi connectivity index (χ0v) is 19.1. The first kappa shape index (κ1) is 23.0. The summed E-state index contributed by atoms with van der Waals surface area (Å²) in [5, 5.41) is 2.65. The Balaban J connectivity index is 1.26. The molecule has 4 aliphatic rings. The number of benzene rings is 1. The molecule has 3 unspecified atom stereocenters. The topological polar surface area (TPSA) is 35.6 Å². The van der Waals surface area contributed by atoms with Crippen LogP contribution in [0.15, 0.2) is 72.2 Å². The average molecular weight is 470 g/mol. The smallest absolute Gasteiger partial charge is 0.321 e. The molecule has 1 aromatic rings. The Morgan fingerprint density at radius 1 is 1.12 bits per heavy atom. The van der Waals surface area contributed by atoms with Gasteiger partial charge in [-0.1, -0.05) is 36.4 Å². The summed E-state index contributed by atoms with van der Waals surface area (Å²) in [5.74, 6) is -0.343. The van der Waals surface area contributed by atoms with Gasteiger partial charge in [-0.05, 0) is 55.0 Å². The molecular formula is C27H30F3N3O. The van der Waals surface area contributed by atoms with Crippen molar-refractivity contribution in [2.75, 3.05) is 26.2 Å². The molecule has 2 fully saturated rings. The van der Waals surface area contributed by atoms with Crippen LogP contribution in [0.4, 0.5) is 18.0 Å². The summed E-state index contributed by atoms with van der Waals surface area (Å²) in [6, 6.07) is 6.67. The minimum absolute atomic E-state index is 0.0307. The number of urea groups is 1. The molecule has 0 aromatic heterocycles. The van der Waals surface area contributed by atoms with Gasteiger partial charge in [-0.15, -0.1) is 0 Å². The Kier molecular flexibility index (Phi) is 6.38. The zero-order chi connectivity index (χ0) is 23.7. The maximum absolute atomic E-state index is 13.6. The molecule has 3 atom stereocenters. The molecule has 180 valence electrons. The number of rotatable bonds is 4. The van der Waals surface area contributed by atoms with Gasteiger partial charge in [-0.25, -0.2) is 18.0 Å². The minimum atomic E-state index is -1.42. The Morgan fingerprint density at radius 3 is 2.56 bits per heavy atom. The second kappa shape index (κ2) is 9.45. The van der Waals surface area contributed by atoms with Gasteiger partial charge >= 0.3 is 6.03 Å². The van der Waals surface area contributed by atoms with Gasteiger partial charge in [0.25, 0.3) is 0 Å². The van der Waals surface area contributed by atoms with Crippen molar-refractivity contribution in [2.24, 2.45) is 11.3 Å². The molecule has 0 radical (unpaired) electrons. The van der Waals surface area contributed by atoms with Crippen LogP contribution in [0.25, 0.3) is 0 Å². The van der Waals surface area contributed by atoms with Crippen molar-refractivity contribution in [1.82, 2.24) is 15.1 Å². The number of carbonyl (C=O) groups is 1. The zero-order valence-electron chi connectivity index (χ0n) is 19.1. The molecule has 2 heterocycles. The van der Waals surface area contributed by atoms with E-state index in [0.717, 1.165) is 37.9 Å². The van der Waals surface area contributed by atoms with E-state index in [9.17, 15) is 18.0 Å². The highest BCUT2D eigenvalue weighted by molar-refractivity contribution is 5.77. The Morgan fingerprint density at radius 2 is 1.88 bits per heavy atom. The van der Waals surface area contributed by atoms with Crippen LogP contribution in [0, 0.1) is 17.2 Å². The highest BCUT2D eigenvalue weighted by atomic mass is 19.1. The summed E-state index contributed by atoms with van der Waals surface area (Å²) in [7, 11) is 0. The average Bonchev–Trinajstić information content (AvgIpc) is 2.80. The van der Waals surface area contributed by atoms with Gasteiger partial charge in [-0.2, -0.15) is 0 Å². The van der Waals surface area contributed by atoms with Crippen LogP contribution in [-0.4, -0.2) is 48.2 Å². The molecule has 1 N–H and O–H groups in total. The molecule has 4 nitrogen and oxygen atoms in total. The lowest BCUT2D eigenvalue weighted by Crippen LogP contribution is -2.63. The van der Waals surface area contributed by atoms with Crippen LogP contribution in [0.5, 0.6) is 0 Å². The largest absolute Gasteiger partial charge is 0.324 e. The van der Waals surface area contributed by atoms with Crippen molar-refractivity contribution >= 4 is 6.03 Å². The second-order valence-electron chi connectivity index (χ2n) is 9.91. The van der Waals surface area contributed by atoms with E-state index in [4.69, 9.17) is 0 Å². The van der Waals surface area contributed by atoms with Crippen molar-refractivity contribution in [3.63, 3.8) is 0 Å². The number of halogens is 3. The predicted molar refractivity (Wildman–Crippen MR) is 126 cm³/mol. The highest BCUT2D eigenvalue weighted by Gasteiger charge is 2.54. The molecule has 1 spiro atoms. The third kappa shape index (κ3) is 4.71. The Labute approximate surface area is 198 Å². The number of piperidine rings is 1. The van der Waals surface area contributed by atoms with Crippen LogP contribution in [0.1, 0.15) is 37.3 Å². The van der Waals surface area contributed by atoms with Crippen LogP contribution in [0.2, 0.25) is 0 Å². The van der Waals surface area contributed by atoms with Crippen LogP contribution in [0.3, 0.4) is 0 Å². The highest BCUT2D eigenvalue weighted by Crippen LogP contribution is 2.55. The first-order valence-corrected chi connectivity index (χ1v) is 12.0. The number of allylic oxidation sites excluding steroid dienone is 6. The number of carbonyl (C=O) groups excluding carboxylic acids is 1. The van der Waals surface area contributed by atoms with Crippen LogP contribution in [-0.2, 0) is 0 Å². The van der Waals surface area contributed by atoms with Crippen molar-refractivity contribution < 1.29 is 18.0 Å². The number of likely N-dealkylation sites (tertiary alicyclic amines) is 2. The Bertz CT molecular complexity index is 1040. The molecule has 5 rings (SSSR count). The fourth-order valence-corrected chi connectivity index (χ4v) is 5.89. The maximum Gasteiger partial charge on any atom is 0.321 e. The fourth-order valence-electron chi connectivity index (χ4n) is 5.89. The van der Waals surface area contributed by atoms with E-state index < -0.39 is 12.0 Å². The lowest BCUT2D eigenvalue weighted by Gasteiger charge is -2.61. The molecule has 7 heteroatoms. The van der Waals surface area contributed by atoms with E-state index in [1.807, 2.05) is 12.1 Å². The second-order valence-corrected chi connectivity index (χ2v) is 9.91. The number of alkyl halides is 1. The van der Waals surface area contributed by atoms with Crippen molar-refractivity contribution in [2.45, 2.75) is 37.9 Å². The quantitative estimate of drug-likeness (QED) is 0.624. The summed E-state index contributed by atoms with van der Waals surface area (Å²) in [5.41, 5.74) is 1.32. The first-order valence-electron chi connectivity index (χ1n) is 12.0. The number of hydrogen-bond donors (Lipinski definition) is 1. The molecule has 2 saturated heterocycles. The number of amides is 2. The lowest BCUT2D eigenvalue weighted by molar-refractivity contribution is -0.111. The van der Waals surface area contributed by atoms with E-state index in [2.05, 4.69) is 34.5 Å². The van der Waals surface area contributed by atoms with E-state index in [-0.39, 0.29) is 35.4 Å². The van der Waals surface area contributed by atoms with Gasteiger partial charge in [0.15, 0.2) is 0 Å². The molecular weight excluding hydrogens is 439 g/mol. The Hall–Kier alpha value is -2.80. The first-order chi connectivity index (χ1) is 16.4. The van der Waals surface area contributed by atoms with E-state index in [1.54, 1.807) is 4.90 Å². The summed E-state index contributed by atoms with van der Waals surface area (Å²) < 4.78 is 40.8. The number of nitrogens with one attached hydrogen (secondary N) is 1. The van der Waals surface area contributed by atoms with Crippen molar-refractivity contribution in [1.29, 1.82) is 0 Å². The standard InChI is InChI=1S/C27H30F3N3O/c28-21-8-6-20(7-9-21)25-27(18-33(25)17-19-4-2-1-3-5-19)10-12-32(13-11-27)26(34)31-24-15-22(29)14-23(30)16-24/h1-4,6-9,15-16,19,22,25H,5,10-14,17-18H2,(H,31,34). The lowest BCUT2D eigenvalue weighted by atomic mass is 9.63.